The summed E-state index contributed by atoms with van der Waals surface area (Å²) in [5.74, 6) is -0.301. The van der Waals surface area contributed by atoms with Crippen molar-refractivity contribution < 1.29 is 9.21 Å². The van der Waals surface area contributed by atoms with Crippen molar-refractivity contribution in [3.05, 3.63) is 92.1 Å². The van der Waals surface area contributed by atoms with E-state index in [2.05, 4.69) is 5.32 Å². The zero-order valence-electron chi connectivity index (χ0n) is 15.3. The fourth-order valence-electron chi connectivity index (χ4n) is 2.98. The van der Waals surface area contributed by atoms with Gasteiger partial charge in [-0.3, -0.25) is 9.59 Å². The van der Waals surface area contributed by atoms with E-state index in [4.69, 9.17) is 27.6 Å². The average molecular weight is 424 g/mol. The Morgan fingerprint density at radius 2 is 1.69 bits per heavy atom. The number of halogens is 2. The third-order valence-electron chi connectivity index (χ3n) is 4.52. The maximum absolute atomic E-state index is 12.7. The van der Waals surface area contributed by atoms with Crippen molar-refractivity contribution in [3.63, 3.8) is 0 Å². The monoisotopic (exact) mass is 423 g/mol. The first-order valence-electron chi connectivity index (χ1n) is 8.82. The van der Waals surface area contributed by atoms with E-state index < -0.39 is 0 Å². The van der Waals surface area contributed by atoms with Crippen molar-refractivity contribution in [3.8, 4) is 0 Å². The highest BCUT2D eigenvalue weighted by atomic mass is 35.5. The lowest BCUT2D eigenvalue weighted by atomic mass is 10.1. The Balaban J connectivity index is 1.63. The van der Waals surface area contributed by atoms with Crippen molar-refractivity contribution in [2.24, 2.45) is 0 Å². The van der Waals surface area contributed by atoms with Gasteiger partial charge in [0.25, 0.3) is 0 Å². The normalized spacial score (nSPS) is 11.4. The second-order valence-electron chi connectivity index (χ2n) is 6.61. The molecule has 0 aliphatic heterocycles. The molecule has 0 bridgehead atoms. The molecule has 4 nitrogen and oxygen atoms in total. The van der Waals surface area contributed by atoms with Crippen molar-refractivity contribution in [1.29, 1.82) is 0 Å². The number of hydrogen-bond acceptors (Lipinski definition) is 3. The molecule has 0 saturated heterocycles. The Labute approximate surface area is 176 Å². The molecule has 3 aromatic carbocycles. The maximum Gasteiger partial charge on any atom is 0.248 e. The van der Waals surface area contributed by atoms with Gasteiger partial charge in [0, 0.05) is 27.9 Å². The number of benzene rings is 3. The molecule has 29 heavy (non-hydrogen) atoms. The van der Waals surface area contributed by atoms with Crippen LogP contribution in [0.15, 0.2) is 69.9 Å². The molecule has 0 aliphatic rings. The number of carbonyl (C=O) groups excluding carboxylic acids is 1. The fourth-order valence-corrected chi connectivity index (χ4v) is 3.27. The predicted octanol–water partition coefficient (Wildman–Crippen LogP) is 6.21. The summed E-state index contributed by atoms with van der Waals surface area (Å²) in [6, 6.07) is 15.4. The summed E-state index contributed by atoms with van der Waals surface area (Å²) in [7, 11) is 0. The number of hydrogen-bond donors (Lipinski definition) is 1. The zero-order chi connectivity index (χ0) is 20.5. The van der Waals surface area contributed by atoms with Crippen LogP contribution >= 0.6 is 23.2 Å². The summed E-state index contributed by atoms with van der Waals surface area (Å²) in [6.07, 6.45) is 3.11. The minimum Gasteiger partial charge on any atom is -0.456 e. The van der Waals surface area contributed by atoms with Crippen LogP contribution in [0.4, 0.5) is 5.69 Å². The largest absolute Gasteiger partial charge is 0.456 e. The summed E-state index contributed by atoms with van der Waals surface area (Å²) < 4.78 is 5.89. The molecule has 0 radical (unpaired) electrons. The summed E-state index contributed by atoms with van der Waals surface area (Å²) in [4.78, 5) is 25.0. The molecule has 0 atom stereocenters. The van der Waals surface area contributed by atoms with E-state index >= 15 is 0 Å². The Bertz CT molecular complexity index is 1340. The number of anilines is 1. The number of amides is 1. The van der Waals surface area contributed by atoms with E-state index in [9.17, 15) is 9.59 Å². The van der Waals surface area contributed by atoms with E-state index in [0.29, 0.717) is 37.7 Å². The summed E-state index contributed by atoms with van der Waals surface area (Å²) in [5, 5.41) is 4.77. The van der Waals surface area contributed by atoms with Gasteiger partial charge in [-0.2, -0.15) is 0 Å². The van der Waals surface area contributed by atoms with Crippen LogP contribution in [-0.4, -0.2) is 5.91 Å². The number of carbonyl (C=O) groups is 1. The molecule has 4 rings (SSSR count). The average Bonchev–Trinajstić information content (AvgIpc) is 2.69. The Morgan fingerprint density at radius 3 is 2.45 bits per heavy atom. The van der Waals surface area contributed by atoms with Crippen LogP contribution in [0.3, 0.4) is 0 Å². The van der Waals surface area contributed by atoms with Crippen molar-refractivity contribution in [2.45, 2.75) is 6.92 Å². The van der Waals surface area contributed by atoms with Crippen molar-refractivity contribution >= 4 is 62.8 Å². The third kappa shape index (κ3) is 4.04. The van der Waals surface area contributed by atoms with Crippen LogP contribution in [0, 0.1) is 6.92 Å². The number of nitrogens with one attached hydrogen (secondary N) is 1. The number of rotatable bonds is 3. The summed E-state index contributed by atoms with van der Waals surface area (Å²) in [6.45, 7) is 1.84. The Kier molecular flexibility index (Phi) is 5.14. The van der Waals surface area contributed by atoms with Crippen LogP contribution in [0.5, 0.6) is 0 Å². The van der Waals surface area contributed by atoms with Gasteiger partial charge in [-0.15, -0.1) is 0 Å². The smallest absolute Gasteiger partial charge is 0.248 e. The second-order valence-corrected chi connectivity index (χ2v) is 7.46. The lowest BCUT2D eigenvalue weighted by Crippen LogP contribution is -2.08. The highest BCUT2D eigenvalue weighted by Gasteiger charge is 2.11. The van der Waals surface area contributed by atoms with Crippen LogP contribution in [0.2, 0.25) is 10.0 Å². The molecule has 1 heterocycles. The van der Waals surface area contributed by atoms with Gasteiger partial charge in [-0.1, -0.05) is 35.3 Å². The van der Waals surface area contributed by atoms with Crippen LogP contribution in [0.25, 0.3) is 28.0 Å². The predicted molar refractivity (Wildman–Crippen MR) is 119 cm³/mol. The molecule has 6 heteroatoms. The van der Waals surface area contributed by atoms with Crippen molar-refractivity contribution in [1.82, 2.24) is 0 Å². The quantitative estimate of drug-likeness (QED) is 0.314. The van der Waals surface area contributed by atoms with Crippen molar-refractivity contribution in [2.75, 3.05) is 5.32 Å². The maximum atomic E-state index is 12.7. The van der Waals surface area contributed by atoms with Gasteiger partial charge in [0.05, 0.1) is 10.8 Å². The van der Waals surface area contributed by atoms with Gasteiger partial charge in [0.15, 0.2) is 0 Å². The minimum absolute atomic E-state index is 0.163. The fraction of sp³-hybridized carbons (Fsp3) is 0.0435. The molecular weight excluding hydrogens is 409 g/mol. The first-order valence-corrected chi connectivity index (χ1v) is 9.58. The van der Waals surface area contributed by atoms with Crippen LogP contribution < -0.4 is 10.7 Å². The van der Waals surface area contributed by atoms with E-state index in [1.807, 2.05) is 19.1 Å². The van der Waals surface area contributed by atoms with Gasteiger partial charge < -0.3 is 9.73 Å². The van der Waals surface area contributed by atoms with E-state index in [1.54, 1.807) is 48.5 Å². The van der Waals surface area contributed by atoms with Gasteiger partial charge in [0.1, 0.15) is 11.2 Å². The van der Waals surface area contributed by atoms with Gasteiger partial charge in [-0.25, -0.2) is 0 Å². The van der Waals surface area contributed by atoms with Gasteiger partial charge in [0.2, 0.25) is 11.3 Å². The lowest BCUT2D eigenvalue weighted by molar-refractivity contribution is -0.111. The van der Waals surface area contributed by atoms with Gasteiger partial charge >= 0.3 is 0 Å². The molecule has 1 aromatic heterocycles. The molecule has 144 valence electrons. The highest BCUT2D eigenvalue weighted by Crippen LogP contribution is 2.26. The summed E-state index contributed by atoms with van der Waals surface area (Å²) in [5.41, 5.74) is 2.88. The molecule has 0 aliphatic carbocycles. The lowest BCUT2D eigenvalue weighted by Gasteiger charge is -2.06. The summed E-state index contributed by atoms with van der Waals surface area (Å²) >= 11 is 12.0. The molecule has 0 saturated carbocycles. The number of fused-ring (bicyclic) bond motifs is 2. The SMILES string of the molecule is Cc1cc2oc3cc(NC(=O)/C=C/c4ccc(Cl)cc4)ccc3c(=O)c2cc1Cl. The Hall–Kier alpha value is -3.08. The molecule has 0 unspecified atom stereocenters. The molecule has 0 spiro atoms. The van der Waals surface area contributed by atoms with Crippen LogP contribution in [0.1, 0.15) is 11.1 Å². The molecule has 4 aromatic rings. The molecule has 0 fully saturated rings. The third-order valence-corrected chi connectivity index (χ3v) is 5.18. The second kappa shape index (κ2) is 7.74. The standard InChI is InChI=1S/C23H15Cl2NO3/c1-13-10-20-18(12-19(13)25)23(28)17-8-7-16(11-21(17)29-20)26-22(27)9-4-14-2-5-15(24)6-3-14/h2-12H,1H3,(H,26,27)/b9-4+. The van der Waals surface area contributed by atoms with E-state index in [1.165, 1.54) is 6.08 Å². The van der Waals surface area contributed by atoms with Crippen LogP contribution in [-0.2, 0) is 4.79 Å². The highest BCUT2D eigenvalue weighted by molar-refractivity contribution is 6.32. The topological polar surface area (TPSA) is 59.3 Å². The first kappa shape index (κ1) is 19.2. The van der Waals surface area contributed by atoms with E-state index in [0.717, 1.165) is 11.1 Å². The molecule has 1 amide bonds. The van der Waals surface area contributed by atoms with Gasteiger partial charge in [-0.05, 0) is 60.5 Å². The molecular formula is C23H15Cl2NO3. The minimum atomic E-state index is -0.301. The Morgan fingerprint density at radius 1 is 0.966 bits per heavy atom. The first-order chi connectivity index (χ1) is 13.9. The molecule has 1 N–H and O–H groups in total. The number of aryl methyl sites for hydroxylation is 1. The zero-order valence-corrected chi connectivity index (χ0v) is 16.8. The van der Waals surface area contributed by atoms with E-state index in [-0.39, 0.29) is 11.3 Å².